The molecular formula is C50H31NO2. The van der Waals surface area contributed by atoms with E-state index in [1.807, 2.05) is 24.3 Å². The SMILES string of the molecule is c1ccc(-c2c(N(c3ccc4c(c3)oc3ccccc34)c3ccccc3-c3ccc4c(c3)oc3ccccc34)c3ccccc3c3ccccc23)cc1. The molecule has 3 heteroatoms. The van der Waals surface area contributed by atoms with Crippen LogP contribution < -0.4 is 4.90 Å². The van der Waals surface area contributed by atoms with Gasteiger partial charge in [-0.25, -0.2) is 0 Å². The predicted molar refractivity (Wildman–Crippen MR) is 222 cm³/mol. The lowest BCUT2D eigenvalue weighted by atomic mass is 9.89. The highest BCUT2D eigenvalue weighted by atomic mass is 16.3. The molecule has 3 nitrogen and oxygen atoms in total. The van der Waals surface area contributed by atoms with Gasteiger partial charge in [-0.05, 0) is 69.8 Å². The lowest BCUT2D eigenvalue weighted by molar-refractivity contribution is 0.668. The maximum atomic E-state index is 6.54. The Bertz CT molecular complexity index is 3190. The molecule has 0 aliphatic heterocycles. The summed E-state index contributed by atoms with van der Waals surface area (Å²) in [7, 11) is 0. The van der Waals surface area contributed by atoms with E-state index in [0.717, 1.165) is 83.0 Å². The fourth-order valence-corrected chi connectivity index (χ4v) is 8.30. The van der Waals surface area contributed by atoms with Crippen molar-refractivity contribution in [3.63, 3.8) is 0 Å². The normalized spacial score (nSPS) is 11.8. The van der Waals surface area contributed by atoms with E-state index in [0.29, 0.717) is 0 Å². The van der Waals surface area contributed by atoms with Crippen LogP contribution >= 0.6 is 0 Å². The number of fused-ring (bicyclic) bond motifs is 9. The van der Waals surface area contributed by atoms with E-state index in [-0.39, 0.29) is 0 Å². The standard InChI is InChI=1S/C50H31NO2/c1-2-14-32(15-3-1)49-42-21-6-4-17-36(42)37-18-5-7-22-43(37)50(49)51(34-27-29-41-39-20-10-13-25-46(39)53-48(41)31-34)44-23-11-8-16-35(44)33-26-28-40-38-19-9-12-24-45(38)52-47(40)30-33/h1-31H. The van der Waals surface area contributed by atoms with Crippen molar-refractivity contribution in [1.29, 1.82) is 0 Å². The summed E-state index contributed by atoms with van der Waals surface area (Å²) in [6, 6.07) is 66.9. The molecular weight excluding hydrogens is 647 g/mol. The first kappa shape index (κ1) is 29.6. The Morgan fingerprint density at radius 2 is 0.830 bits per heavy atom. The molecule has 0 aliphatic rings. The predicted octanol–water partition coefficient (Wildman–Crippen LogP) is 14.6. The molecule has 0 unspecified atom stereocenters. The summed E-state index contributed by atoms with van der Waals surface area (Å²) in [5.74, 6) is 0. The molecule has 9 aromatic carbocycles. The fourth-order valence-electron chi connectivity index (χ4n) is 8.30. The van der Waals surface area contributed by atoms with E-state index < -0.39 is 0 Å². The van der Waals surface area contributed by atoms with Crippen LogP contribution in [0.3, 0.4) is 0 Å². The minimum absolute atomic E-state index is 0.848. The Balaban J connectivity index is 1.26. The highest BCUT2D eigenvalue weighted by molar-refractivity contribution is 6.23. The van der Waals surface area contributed by atoms with Crippen molar-refractivity contribution < 1.29 is 8.83 Å². The molecule has 248 valence electrons. The minimum atomic E-state index is 0.848. The molecule has 0 aliphatic carbocycles. The van der Waals surface area contributed by atoms with Crippen molar-refractivity contribution in [3.05, 3.63) is 188 Å². The highest BCUT2D eigenvalue weighted by Gasteiger charge is 2.26. The van der Waals surface area contributed by atoms with E-state index in [4.69, 9.17) is 8.83 Å². The number of rotatable bonds is 5. The van der Waals surface area contributed by atoms with Gasteiger partial charge in [0.2, 0.25) is 0 Å². The molecule has 11 aromatic rings. The average Bonchev–Trinajstić information content (AvgIpc) is 3.79. The zero-order valence-corrected chi connectivity index (χ0v) is 28.7. The number of anilines is 3. The number of hydrogen-bond donors (Lipinski definition) is 0. The van der Waals surface area contributed by atoms with Gasteiger partial charge in [0.15, 0.2) is 0 Å². The summed E-state index contributed by atoms with van der Waals surface area (Å²) in [5, 5.41) is 9.23. The summed E-state index contributed by atoms with van der Waals surface area (Å²) in [5.41, 5.74) is 11.2. The van der Waals surface area contributed by atoms with Crippen LogP contribution in [0.5, 0.6) is 0 Å². The zero-order chi connectivity index (χ0) is 34.9. The van der Waals surface area contributed by atoms with Crippen LogP contribution in [0.15, 0.2) is 197 Å². The summed E-state index contributed by atoms with van der Waals surface area (Å²) < 4.78 is 13.0. The topological polar surface area (TPSA) is 29.5 Å². The van der Waals surface area contributed by atoms with Crippen LogP contribution in [0.25, 0.3) is 87.7 Å². The Kier molecular flexibility index (Phi) is 6.55. The van der Waals surface area contributed by atoms with Crippen molar-refractivity contribution in [2.24, 2.45) is 0 Å². The molecule has 0 N–H and O–H groups in total. The van der Waals surface area contributed by atoms with E-state index in [2.05, 4.69) is 169 Å². The van der Waals surface area contributed by atoms with E-state index >= 15 is 0 Å². The first-order chi connectivity index (χ1) is 26.3. The molecule has 2 heterocycles. The maximum absolute atomic E-state index is 6.54. The van der Waals surface area contributed by atoms with Crippen LogP contribution in [0, 0.1) is 0 Å². The molecule has 2 aromatic heterocycles. The molecule has 11 rings (SSSR count). The first-order valence-corrected chi connectivity index (χ1v) is 18.0. The van der Waals surface area contributed by atoms with Gasteiger partial charge in [-0.3, -0.25) is 0 Å². The minimum Gasteiger partial charge on any atom is -0.456 e. The Hall–Kier alpha value is -7.10. The average molecular weight is 678 g/mol. The molecule has 0 atom stereocenters. The number of furan rings is 2. The first-order valence-electron chi connectivity index (χ1n) is 18.0. The number of hydrogen-bond acceptors (Lipinski definition) is 3. The van der Waals surface area contributed by atoms with Gasteiger partial charge in [0.25, 0.3) is 0 Å². The van der Waals surface area contributed by atoms with Gasteiger partial charge in [-0.1, -0.05) is 140 Å². The van der Waals surface area contributed by atoms with Crippen molar-refractivity contribution in [2.75, 3.05) is 4.90 Å². The van der Waals surface area contributed by atoms with Crippen molar-refractivity contribution in [3.8, 4) is 22.3 Å². The molecule has 0 bridgehead atoms. The largest absolute Gasteiger partial charge is 0.456 e. The molecule has 0 amide bonds. The summed E-state index contributed by atoms with van der Waals surface area (Å²) in [6.07, 6.45) is 0. The van der Waals surface area contributed by atoms with Gasteiger partial charge in [0, 0.05) is 49.8 Å². The van der Waals surface area contributed by atoms with Crippen LogP contribution in [-0.4, -0.2) is 0 Å². The van der Waals surface area contributed by atoms with Crippen molar-refractivity contribution in [1.82, 2.24) is 0 Å². The smallest absolute Gasteiger partial charge is 0.137 e. The van der Waals surface area contributed by atoms with Crippen molar-refractivity contribution >= 4 is 82.5 Å². The van der Waals surface area contributed by atoms with Gasteiger partial charge in [-0.15, -0.1) is 0 Å². The Morgan fingerprint density at radius 1 is 0.321 bits per heavy atom. The lowest BCUT2D eigenvalue weighted by Crippen LogP contribution is -2.13. The third kappa shape index (κ3) is 4.61. The number of para-hydroxylation sites is 3. The van der Waals surface area contributed by atoms with Gasteiger partial charge < -0.3 is 13.7 Å². The molecule has 0 saturated heterocycles. The zero-order valence-electron chi connectivity index (χ0n) is 28.7. The summed E-state index contributed by atoms with van der Waals surface area (Å²) in [6.45, 7) is 0. The van der Waals surface area contributed by atoms with Crippen LogP contribution in [0.1, 0.15) is 0 Å². The van der Waals surface area contributed by atoms with E-state index in [9.17, 15) is 0 Å². The van der Waals surface area contributed by atoms with Gasteiger partial charge >= 0.3 is 0 Å². The third-order valence-electron chi connectivity index (χ3n) is 10.6. The number of nitrogens with zero attached hydrogens (tertiary/aromatic N) is 1. The van der Waals surface area contributed by atoms with Gasteiger partial charge in [0.1, 0.15) is 22.3 Å². The van der Waals surface area contributed by atoms with Crippen LogP contribution in [0.4, 0.5) is 17.1 Å². The molecule has 0 spiro atoms. The number of benzene rings is 9. The van der Waals surface area contributed by atoms with Gasteiger partial charge in [0.05, 0.1) is 11.4 Å². The summed E-state index contributed by atoms with van der Waals surface area (Å²) in [4.78, 5) is 2.45. The second-order valence-corrected chi connectivity index (χ2v) is 13.6. The molecule has 0 radical (unpaired) electrons. The second-order valence-electron chi connectivity index (χ2n) is 13.6. The molecule has 0 fully saturated rings. The monoisotopic (exact) mass is 677 g/mol. The fraction of sp³-hybridized carbons (Fsp3) is 0. The van der Waals surface area contributed by atoms with E-state index in [1.54, 1.807) is 0 Å². The van der Waals surface area contributed by atoms with Crippen molar-refractivity contribution in [2.45, 2.75) is 0 Å². The van der Waals surface area contributed by atoms with E-state index in [1.165, 1.54) is 21.7 Å². The molecule has 53 heavy (non-hydrogen) atoms. The molecule has 0 saturated carbocycles. The Morgan fingerprint density at radius 3 is 1.55 bits per heavy atom. The van der Waals surface area contributed by atoms with Crippen LogP contribution in [-0.2, 0) is 0 Å². The van der Waals surface area contributed by atoms with Gasteiger partial charge in [-0.2, -0.15) is 0 Å². The summed E-state index contributed by atoms with van der Waals surface area (Å²) >= 11 is 0. The highest BCUT2D eigenvalue weighted by Crippen LogP contribution is 2.51. The second kappa shape index (κ2) is 11.7. The Labute approximate surface area is 305 Å². The lowest BCUT2D eigenvalue weighted by Gasteiger charge is -2.32. The quantitative estimate of drug-likeness (QED) is 0.170. The van der Waals surface area contributed by atoms with Crippen LogP contribution in [0.2, 0.25) is 0 Å². The third-order valence-corrected chi connectivity index (χ3v) is 10.6. The maximum Gasteiger partial charge on any atom is 0.137 e.